The fourth-order valence-electron chi connectivity index (χ4n) is 4.84. The first-order chi connectivity index (χ1) is 16.3. The Kier molecular flexibility index (Phi) is 7.23. The molecule has 0 radical (unpaired) electrons. The van der Waals surface area contributed by atoms with Crippen molar-refractivity contribution in [2.24, 2.45) is 17.3 Å². The molecule has 1 saturated heterocycles. The number of hydrogen-bond donors (Lipinski definition) is 2. The number of hydrogen-bond acceptors (Lipinski definition) is 7. The van der Waals surface area contributed by atoms with Crippen molar-refractivity contribution in [3.63, 3.8) is 0 Å². The van der Waals surface area contributed by atoms with Crippen LogP contribution in [-0.4, -0.2) is 65.4 Å². The molecule has 2 heterocycles. The van der Waals surface area contributed by atoms with Crippen molar-refractivity contribution in [3.8, 4) is 0 Å². The molecule has 1 aromatic carbocycles. The SMILES string of the molecule is CC(C)COC(=O)ON1CC2(CC2)CC(C(=O)NO)C1C(=O)N1CC=C(c2ccccc2)CC1. The summed E-state index contributed by atoms with van der Waals surface area (Å²) >= 11 is 0. The van der Waals surface area contributed by atoms with E-state index in [1.54, 1.807) is 10.4 Å². The summed E-state index contributed by atoms with van der Waals surface area (Å²) in [6, 6.07) is 8.98. The fraction of sp³-hybridized carbons (Fsp3) is 0.560. The third-order valence-corrected chi connectivity index (χ3v) is 6.88. The van der Waals surface area contributed by atoms with Crippen molar-refractivity contribution < 1.29 is 29.2 Å². The Hall–Kier alpha value is -2.91. The van der Waals surface area contributed by atoms with Gasteiger partial charge in [-0.2, -0.15) is 0 Å². The van der Waals surface area contributed by atoms with Gasteiger partial charge in [0.15, 0.2) is 0 Å². The maximum Gasteiger partial charge on any atom is 0.527 e. The number of rotatable bonds is 6. The third-order valence-electron chi connectivity index (χ3n) is 6.88. The number of carbonyl (C=O) groups excluding carboxylic acids is 3. The quantitative estimate of drug-likeness (QED) is 0.373. The molecule has 1 saturated carbocycles. The normalized spacial score (nSPS) is 23.9. The number of benzene rings is 1. The van der Waals surface area contributed by atoms with Crippen LogP contribution < -0.4 is 5.48 Å². The van der Waals surface area contributed by atoms with E-state index in [0.29, 0.717) is 32.5 Å². The second kappa shape index (κ2) is 10.1. The molecule has 0 aromatic heterocycles. The van der Waals surface area contributed by atoms with Crippen LogP contribution in [0, 0.1) is 17.3 Å². The zero-order valence-corrected chi connectivity index (χ0v) is 19.7. The van der Waals surface area contributed by atoms with Gasteiger partial charge in [-0.05, 0) is 48.2 Å². The summed E-state index contributed by atoms with van der Waals surface area (Å²) in [5.74, 6) is -1.66. The largest absolute Gasteiger partial charge is 0.527 e. The van der Waals surface area contributed by atoms with Gasteiger partial charge in [0.2, 0.25) is 11.8 Å². The summed E-state index contributed by atoms with van der Waals surface area (Å²) in [6.45, 7) is 5.25. The molecule has 2 aliphatic heterocycles. The molecule has 184 valence electrons. The van der Waals surface area contributed by atoms with E-state index < -0.39 is 24.0 Å². The maximum atomic E-state index is 13.7. The topological polar surface area (TPSA) is 108 Å². The Morgan fingerprint density at radius 3 is 2.53 bits per heavy atom. The smallest absolute Gasteiger partial charge is 0.433 e. The van der Waals surface area contributed by atoms with E-state index in [9.17, 15) is 19.6 Å². The molecular formula is C25H33N3O6. The Bertz CT molecular complexity index is 943. The van der Waals surface area contributed by atoms with Gasteiger partial charge >= 0.3 is 6.16 Å². The van der Waals surface area contributed by atoms with E-state index in [4.69, 9.17) is 9.57 Å². The van der Waals surface area contributed by atoms with Crippen LogP contribution in [0.3, 0.4) is 0 Å². The minimum atomic E-state index is -1.03. The maximum absolute atomic E-state index is 13.7. The molecule has 3 aliphatic rings. The first-order valence-corrected chi connectivity index (χ1v) is 11.9. The average molecular weight is 472 g/mol. The summed E-state index contributed by atoms with van der Waals surface area (Å²) in [5.41, 5.74) is 3.80. The van der Waals surface area contributed by atoms with E-state index in [1.165, 1.54) is 10.6 Å². The molecule has 2 N–H and O–H groups in total. The van der Waals surface area contributed by atoms with Crippen LogP contribution in [0.15, 0.2) is 36.4 Å². The molecule has 2 fully saturated rings. The van der Waals surface area contributed by atoms with Crippen LogP contribution in [0.5, 0.6) is 0 Å². The van der Waals surface area contributed by atoms with E-state index in [-0.39, 0.29) is 23.8 Å². The minimum Gasteiger partial charge on any atom is -0.433 e. The zero-order chi connectivity index (χ0) is 24.3. The van der Waals surface area contributed by atoms with Gasteiger partial charge in [0, 0.05) is 19.6 Å². The van der Waals surface area contributed by atoms with Crippen LogP contribution in [0.2, 0.25) is 0 Å². The van der Waals surface area contributed by atoms with Gasteiger partial charge in [-0.15, -0.1) is 5.06 Å². The highest BCUT2D eigenvalue weighted by atomic mass is 16.8. The molecule has 34 heavy (non-hydrogen) atoms. The number of carbonyl (C=O) groups is 3. The predicted molar refractivity (Wildman–Crippen MR) is 123 cm³/mol. The monoisotopic (exact) mass is 471 g/mol. The van der Waals surface area contributed by atoms with E-state index in [1.807, 2.05) is 50.3 Å². The first kappa shape index (κ1) is 24.2. The lowest BCUT2D eigenvalue weighted by Crippen LogP contribution is -2.61. The number of nitrogens with one attached hydrogen (secondary N) is 1. The van der Waals surface area contributed by atoms with Crippen molar-refractivity contribution in [2.75, 3.05) is 26.2 Å². The van der Waals surface area contributed by atoms with Crippen molar-refractivity contribution in [1.82, 2.24) is 15.4 Å². The molecule has 1 aliphatic carbocycles. The zero-order valence-electron chi connectivity index (χ0n) is 19.7. The van der Waals surface area contributed by atoms with Gasteiger partial charge in [0.05, 0.1) is 12.5 Å². The van der Waals surface area contributed by atoms with Crippen molar-refractivity contribution in [3.05, 3.63) is 42.0 Å². The van der Waals surface area contributed by atoms with Crippen LogP contribution in [0.1, 0.15) is 45.1 Å². The number of ether oxygens (including phenoxy) is 1. The van der Waals surface area contributed by atoms with Crippen molar-refractivity contribution in [1.29, 1.82) is 0 Å². The molecule has 2 amide bonds. The molecule has 1 aromatic rings. The van der Waals surface area contributed by atoms with Crippen LogP contribution in [0.25, 0.3) is 5.57 Å². The molecule has 1 spiro atoms. The Balaban J connectivity index is 1.53. The number of piperidine rings is 1. The molecule has 2 atom stereocenters. The van der Waals surface area contributed by atoms with Crippen LogP contribution in [-0.2, 0) is 19.2 Å². The standard InChI is InChI=1S/C25H33N3O6/c1-17(2)15-33-24(31)34-28-16-25(10-11-25)14-20(22(29)26-32)21(28)23(30)27-12-8-19(9-13-27)18-6-4-3-5-7-18/h3-8,17,20-21,32H,9-16H2,1-2H3,(H,26,29). The van der Waals surface area contributed by atoms with Gasteiger partial charge in [-0.1, -0.05) is 50.3 Å². The second-order valence-corrected chi connectivity index (χ2v) is 9.98. The Morgan fingerprint density at radius 1 is 1.21 bits per heavy atom. The molecule has 0 bridgehead atoms. The molecule has 2 unspecified atom stereocenters. The number of hydroxylamine groups is 3. The summed E-state index contributed by atoms with van der Waals surface area (Å²) in [4.78, 5) is 45.8. The van der Waals surface area contributed by atoms with Crippen LogP contribution >= 0.6 is 0 Å². The lowest BCUT2D eigenvalue weighted by Gasteiger charge is -2.43. The Morgan fingerprint density at radius 2 is 1.94 bits per heavy atom. The fourth-order valence-corrected chi connectivity index (χ4v) is 4.84. The van der Waals surface area contributed by atoms with Gasteiger partial charge in [-0.25, -0.2) is 10.3 Å². The van der Waals surface area contributed by atoms with Gasteiger partial charge < -0.3 is 14.5 Å². The highest BCUT2D eigenvalue weighted by Gasteiger charge is 2.57. The third kappa shape index (κ3) is 5.42. The molecule has 9 nitrogen and oxygen atoms in total. The van der Waals surface area contributed by atoms with E-state index in [0.717, 1.165) is 18.4 Å². The average Bonchev–Trinajstić information content (AvgIpc) is 3.60. The lowest BCUT2D eigenvalue weighted by atomic mass is 9.80. The predicted octanol–water partition coefficient (Wildman–Crippen LogP) is 3.00. The summed E-state index contributed by atoms with van der Waals surface area (Å²) in [6.07, 6.45) is 4.01. The van der Waals surface area contributed by atoms with Gasteiger partial charge in [0.25, 0.3) is 0 Å². The summed E-state index contributed by atoms with van der Waals surface area (Å²) < 4.78 is 5.17. The van der Waals surface area contributed by atoms with E-state index >= 15 is 0 Å². The number of nitrogens with zero attached hydrogens (tertiary/aromatic N) is 2. The van der Waals surface area contributed by atoms with Crippen LogP contribution in [0.4, 0.5) is 4.79 Å². The Labute approximate surface area is 199 Å². The summed E-state index contributed by atoms with van der Waals surface area (Å²) in [7, 11) is 0. The second-order valence-electron chi connectivity index (χ2n) is 9.98. The lowest BCUT2D eigenvalue weighted by molar-refractivity contribution is -0.205. The highest BCUT2D eigenvalue weighted by Crippen LogP contribution is 2.55. The highest BCUT2D eigenvalue weighted by molar-refractivity contribution is 5.90. The minimum absolute atomic E-state index is 0.132. The number of amides is 2. The molecule has 9 heteroatoms. The first-order valence-electron chi connectivity index (χ1n) is 11.9. The van der Waals surface area contributed by atoms with Crippen molar-refractivity contribution in [2.45, 2.75) is 45.6 Å². The van der Waals surface area contributed by atoms with Gasteiger partial charge in [0.1, 0.15) is 6.04 Å². The molecular weight excluding hydrogens is 438 g/mol. The molecule has 4 rings (SSSR count). The summed E-state index contributed by atoms with van der Waals surface area (Å²) in [5, 5.41) is 10.7. The van der Waals surface area contributed by atoms with Crippen molar-refractivity contribution >= 4 is 23.5 Å². The van der Waals surface area contributed by atoms with E-state index in [2.05, 4.69) is 0 Å². The van der Waals surface area contributed by atoms with Gasteiger partial charge in [-0.3, -0.25) is 14.8 Å².